The first-order chi connectivity index (χ1) is 11.4. The van der Waals surface area contributed by atoms with Gasteiger partial charge in [-0.2, -0.15) is 0 Å². The minimum absolute atomic E-state index is 0.00865. The van der Waals surface area contributed by atoms with E-state index in [1.54, 1.807) is 6.08 Å². The molecule has 1 heterocycles. The van der Waals surface area contributed by atoms with E-state index in [-0.39, 0.29) is 18.9 Å². The Morgan fingerprint density at radius 1 is 1.33 bits per heavy atom. The van der Waals surface area contributed by atoms with Crippen LogP contribution in [0, 0.1) is 0 Å². The molecule has 0 aromatic heterocycles. The number of benzene rings is 1. The van der Waals surface area contributed by atoms with E-state index < -0.39 is 18.4 Å². The molecule has 1 aliphatic rings. The minimum Gasteiger partial charge on any atom is -0.480 e. The summed E-state index contributed by atoms with van der Waals surface area (Å²) in [5.41, 5.74) is 0.873. The van der Waals surface area contributed by atoms with Gasteiger partial charge in [-0.05, 0) is 23.8 Å². The number of nitrogens with zero attached hydrogens (tertiary/aromatic N) is 1. The van der Waals surface area contributed by atoms with Crippen LogP contribution in [0.1, 0.15) is 12.0 Å². The summed E-state index contributed by atoms with van der Waals surface area (Å²) in [4.78, 5) is 36.2. The van der Waals surface area contributed by atoms with Crippen LogP contribution in [-0.2, 0) is 14.4 Å². The maximum atomic E-state index is 12.4. The molecular formula is C15H13BrN2O4S2. The van der Waals surface area contributed by atoms with Gasteiger partial charge in [0.15, 0.2) is 0 Å². The summed E-state index contributed by atoms with van der Waals surface area (Å²) < 4.78 is 1.33. The highest BCUT2D eigenvalue weighted by molar-refractivity contribution is 9.10. The molecular weight excluding hydrogens is 416 g/mol. The average molecular weight is 429 g/mol. The summed E-state index contributed by atoms with van der Waals surface area (Å²) in [6.07, 6.45) is 1.74. The third-order valence-corrected chi connectivity index (χ3v) is 4.95. The van der Waals surface area contributed by atoms with Gasteiger partial charge in [-0.3, -0.25) is 19.3 Å². The largest absolute Gasteiger partial charge is 0.480 e. The Bertz CT molecular complexity index is 719. The zero-order chi connectivity index (χ0) is 17.7. The van der Waals surface area contributed by atoms with E-state index in [2.05, 4.69) is 21.2 Å². The van der Waals surface area contributed by atoms with Crippen LogP contribution in [0.15, 0.2) is 33.6 Å². The van der Waals surface area contributed by atoms with Crippen LogP contribution >= 0.6 is 39.9 Å². The number of carbonyl (C=O) groups excluding carboxylic acids is 2. The zero-order valence-electron chi connectivity index (χ0n) is 12.3. The fourth-order valence-electron chi connectivity index (χ4n) is 1.88. The number of hydrogen-bond acceptors (Lipinski definition) is 5. The smallest absolute Gasteiger partial charge is 0.322 e. The number of hydrogen-bond donors (Lipinski definition) is 2. The van der Waals surface area contributed by atoms with E-state index >= 15 is 0 Å². The molecule has 1 saturated heterocycles. The highest BCUT2D eigenvalue weighted by Gasteiger charge is 2.32. The van der Waals surface area contributed by atoms with E-state index in [0.29, 0.717) is 9.23 Å². The molecule has 0 atom stereocenters. The van der Waals surface area contributed by atoms with E-state index in [9.17, 15) is 14.4 Å². The van der Waals surface area contributed by atoms with Gasteiger partial charge in [0.25, 0.3) is 5.91 Å². The molecule has 2 rings (SSSR count). The predicted octanol–water partition coefficient (Wildman–Crippen LogP) is 2.24. The number of halogens is 1. The fraction of sp³-hybridized carbons (Fsp3) is 0.200. The average Bonchev–Trinajstić information content (AvgIpc) is 2.79. The second-order valence-electron chi connectivity index (χ2n) is 4.81. The Kier molecular flexibility index (Phi) is 6.52. The lowest BCUT2D eigenvalue weighted by molar-refractivity contribution is -0.138. The first kappa shape index (κ1) is 18.6. The van der Waals surface area contributed by atoms with Crippen molar-refractivity contribution in [3.63, 3.8) is 0 Å². The number of carbonyl (C=O) groups is 3. The van der Waals surface area contributed by atoms with Crippen LogP contribution in [0.5, 0.6) is 0 Å². The van der Waals surface area contributed by atoms with Crippen molar-refractivity contribution in [2.75, 3.05) is 13.1 Å². The lowest BCUT2D eigenvalue weighted by atomic mass is 10.2. The van der Waals surface area contributed by atoms with Gasteiger partial charge < -0.3 is 10.4 Å². The topological polar surface area (TPSA) is 86.7 Å². The fourth-order valence-corrected chi connectivity index (χ4v) is 3.45. The number of nitrogens with one attached hydrogen (secondary N) is 1. The summed E-state index contributed by atoms with van der Waals surface area (Å²) in [6, 6.07) is 7.49. The summed E-state index contributed by atoms with van der Waals surface area (Å²) in [7, 11) is 0. The van der Waals surface area contributed by atoms with Crippen molar-refractivity contribution in [3.05, 3.63) is 39.2 Å². The standard InChI is InChI=1S/C15H13BrN2O4S2/c16-10-3-1-9(2-4-10)7-11-14(22)18(15(23)24-11)6-5-12(19)17-8-13(20)21/h1-4,7H,5-6,8H2,(H,17,19)(H,20,21)/b11-7-. The number of aliphatic carboxylic acids is 1. The van der Waals surface area contributed by atoms with Crippen LogP contribution in [-0.4, -0.2) is 45.2 Å². The highest BCUT2D eigenvalue weighted by Crippen LogP contribution is 2.32. The molecule has 0 radical (unpaired) electrons. The van der Waals surface area contributed by atoms with Gasteiger partial charge in [0.05, 0.1) is 4.91 Å². The van der Waals surface area contributed by atoms with Crippen molar-refractivity contribution < 1.29 is 19.5 Å². The van der Waals surface area contributed by atoms with E-state index in [0.717, 1.165) is 10.0 Å². The maximum absolute atomic E-state index is 12.4. The van der Waals surface area contributed by atoms with Crippen molar-refractivity contribution in [1.29, 1.82) is 0 Å². The SMILES string of the molecule is O=C(O)CNC(=O)CCN1C(=O)/C(=C/c2ccc(Br)cc2)SC1=S. The molecule has 0 spiro atoms. The highest BCUT2D eigenvalue weighted by atomic mass is 79.9. The normalized spacial score (nSPS) is 15.9. The molecule has 0 bridgehead atoms. The van der Waals surface area contributed by atoms with Crippen molar-refractivity contribution in [1.82, 2.24) is 10.2 Å². The number of carboxylic acid groups (broad SMARTS) is 1. The third-order valence-electron chi connectivity index (χ3n) is 3.04. The van der Waals surface area contributed by atoms with Crippen molar-refractivity contribution in [2.45, 2.75) is 6.42 Å². The molecule has 9 heteroatoms. The Morgan fingerprint density at radius 2 is 2.00 bits per heavy atom. The molecule has 1 aliphatic heterocycles. The van der Waals surface area contributed by atoms with Crippen molar-refractivity contribution >= 4 is 68.1 Å². The lowest BCUT2D eigenvalue weighted by Gasteiger charge is -2.13. The Hall–Kier alpha value is -1.71. The second-order valence-corrected chi connectivity index (χ2v) is 7.40. The maximum Gasteiger partial charge on any atom is 0.322 e. The lowest BCUT2D eigenvalue weighted by Crippen LogP contribution is -2.35. The van der Waals surface area contributed by atoms with Gasteiger partial charge in [-0.15, -0.1) is 0 Å². The van der Waals surface area contributed by atoms with Gasteiger partial charge in [0, 0.05) is 17.4 Å². The molecule has 1 fully saturated rings. The number of thiocarbonyl (C=S) groups is 1. The molecule has 1 aromatic carbocycles. The molecule has 2 N–H and O–H groups in total. The molecule has 24 heavy (non-hydrogen) atoms. The number of rotatable bonds is 6. The molecule has 0 aliphatic carbocycles. The van der Waals surface area contributed by atoms with Crippen LogP contribution in [0.3, 0.4) is 0 Å². The molecule has 126 valence electrons. The van der Waals surface area contributed by atoms with Gasteiger partial charge in [0.2, 0.25) is 5.91 Å². The molecule has 2 amide bonds. The Labute approximate surface area is 156 Å². The van der Waals surface area contributed by atoms with Gasteiger partial charge in [-0.1, -0.05) is 52.0 Å². The summed E-state index contributed by atoms with van der Waals surface area (Å²) in [5, 5.41) is 10.8. The first-order valence-corrected chi connectivity index (χ1v) is 8.88. The Balaban J connectivity index is 1.97. The molecule has 6 nitrogen and oxygen atoms in total. The zero-order valence-corrected chi connectivity index (χ0v) is 15.5. The van der Waals surface area contributed by atoms with Gasteiger partial charge in [0.1, 0.15) is 10.9 Å². The van der Waals surface area contributed by atoms with E-state index in [1.807, 2.05) is 24.3 Å². The summed E-state index contributed by atoms with van der Waals surface area (Å²) >= 11 is 9.71. The predicted molar refractivity (Wildman–Crippen MR) is 99.3 cm³/mol. The van der Waals surface area contributed by atoms with E-state index in [1.165, 1.54) is 16.7 Å². The van der Waals surface area contributed by atoms with Crippen molar-refractivity contribution in [2.24, 2.45) is 0 Å². The number of thioether (sulfide) groups is 1. The summed E-state index contributed by atoms with van der Waals surface area (Å²) in [6.45, 7) is -0.325. The van der Waals surface area contributed by atoms with Crippen LogP contribution in [0.4, 0.5) is 0 Å². The van der Waals surface area contributed by atoms with Gasteiger partial charge in [-0.25, -0.2) is 0 Å². The van der Waals surface area contributed by atoms with Crippen molar-refractivity contribution in [3.8, 4) is 0 Å². The number of carboxylic acids is 1. The first-order valence-electron chi connectivity index (χ1n) is 6.86. The van der Waals surface area contributed by atoms with Crippen LogP contribution in [0.25, 0.3) is 6.08 Å². The molecule has 1 aromatic rings. The minimum atomic E-state index is -1.12. The van der Waals surface area contributed by atoms with E-state index in [4.69, 9.17) is 17.3 Å². The second kappa shape index (κ2) is 8.41. The summed E-state index contributed by atoms with van der Waals surface area (Å²) in [5.74, 6) is -1.81. The third kappa shape index (κ3) is 5.15. The number of amides is 2. The van der Waals surface area contributed by atoms with Crippen LogP contribution < -0.4 is 5.32 Å². The monoisotopic (exact) mass is 428 g/mol. The quantitative estimate of drug-likeness (QED) is 0.533. The van der Waals surface area contributed by atoms with Gasteiger partial charge >= 0.3 is 5.97 Å². The van der Waals surface area contributed by atoms with Crippen LogP contribution in [0.2, 0.25) is 0 Å². The molecule has 0 unspecified atom stereocenters. The molecule has 0 saturated carbocycles. The Morgan fingerprint density at radius 3 is 2.62 bits per heavy atom.